The Morgan fingerprint density at radius 1 is 1.29 bits per heavy atom. The van der Waals surface area contributed by atoms with Crippen molar-refractivity contribution in [3.63, 3.8) is 0 Å². The summed E-state index contributed by atoms with van der Waals surface area (Å²) in [5.41, 5.74) is -0.597. The third-order valence-electron chi connectivity index (χ3n) is 3.06. The largest absolute Gasteiger partial charge is 0.444 e. The molecule has 0 N–H and O–H groups in total. The first-order valence-corrected chi connectivity index (χ1v) is 9.25. The van der Waals surface area contributed by atoms with Gasteiger partial charge in [-0.25, -0.2) is 4.79 Å². The Morgan fingerprint density at radius 2 is 1.86 bits per heavy atom. The summed E-state index contributed by atoms with van der Waals surface area (Å²) in [5, 5.41) is -0.0378. The maximum absolute atomic E-state index is 12.2. The van der Waals surface area contributed by atoms with E-state index in [0.717, 1.165) is 6.26 Å². The summed E-state index contributed by atoms with van der Waals surface area (Å²) in [4.78, 5) is 13.7. The van der Waals surface area contributed by atoms with Crippen LogP contribution < -0.4 is 0 Å². The van der Waals surface area contributed by atoms with Gasteiger partial charge in [-0.3, -0.25) is 4.18 Å². The zero-order valence-corrected chi connectivity index (χ0v) is 14.9. The van der Waals surface area contributed by atoms with Crippen molar-refractivity contribution in [2.24, 2.45) is 5.92 Å². The van der Waals surface area contributed by atoms with Crippen molar-refractivity contribution in [3.05, 3.63) is 0 Å². The number of likely N-dealkylation sites (tertiary alicyclic amines) is 1. The number of carbonyl (C=O) groups is 1. The molecule has 0 aromatic rings. The van der Waals surface area contributed by atoms with E-state index in [1.54, 1.807) is 20.8 Å². The molecule has 1 saturated heterocycles. The predicted molar refractivity (Wildman–Crippen MR) is 84.1 cm³/mol. The van der Waals surface area contributed by atoms with Crippen LogP contribution in [0.15, 0.2) is 0 Å². The minimum absolute atomic E-state index is 0.0378. The monoisotopic (exact) mass is 339 g/mol. The van der Waals surface area contributed by atoms with Crippen LogP contribution >= 0.6 is 12.6 Å². The van der Waals surface area contributed by atoms with Crippen LogP contribution in [0.4, 0.5) is 4.79 Å². The fourth-order valence-electron chi connectivity index (χ4n) is 2.16. The van der Waals surface area contributed by atoms with Crippen LogP contribution in [0.25, 0.3) is 0 Å². The molecule has 1 rings (SSSR count). The zero-order chi connectivity index (χ0) is 16.4. The molecule has 1 aliphatic rings. The van der Waals surface area contributed by atoms with E-state index in [1.807, 2.05) is 6.92 Å². The molecule has 0 spiro atoms. The first-order valence-electron chi connectivity index (χ1n) is 6.91. The van der Waals surface area contributed by atoms with Crippen molar-refractivity contribution in [2.45, 2.75) is 51.1 Å². The van der Waals surface area contributed by atoms with E-state index in [2.05, 4.69) is 12.6 Å². The number of ether oxygens (including phenoxy) is 1. The molecular weight excluding hydrogens is 314 g/mol. The lowest BCUT2D eigenvalue weighted by molar-refractivity contribution is 0.0180. The van der Waals surface area contributed by atoms with Crippen LogP contribution in [-0.2, 0) is 19.0 Å². The molecule has 0 radical (unpaired) electrons. The summed E-state index contributed by atoms with van der Waals surface area (Å²) in [6, 6.07) is 0. The van der Waals surface area contributed by atoms with E-state index in [1.165, 1.54) is 4.90 Å². The Bertz CT molecular complexity index is 471. The molecule has 6 nitrogen and oxygen atoms in total. The number of rotatable bonds is 2. The van der Waals surface area contributed by atoms with E-state index in [-0.39, 0.29) is 17.7 Å². The first kappa shape index (κ1) is 18.6. The molecule has 21 heavy (non-hydrogen) atoms. The van der Waals surface area contributed by atoms with E-state index in [9.17, 15) is 13.2 Å². The molecule has 3 atom stereocenters. The van der Waals surface area contributed by atoms with Crippen molar-refractivity contribution >= 4 is 28.8 Å². The minimum atomic E-state index is -3.58. The second-order valence-corrected chi connectivity index (χ2v) is 8.85. The summed E-state index contributed by atoms with van der Waals surface area (Å²) >= 11 is 4.48. The molecule has 0 aromatic carbocycles. The quantitative estimate of drug-likeness (QED) is 0.614. The highest BCUT2D eigenvalue weighted by atomic mass is 32.2. The fraction of sp³-hybridized carbons (Fsp3) is 0.923. The van der Waals surface area contributed by atoms with Gasteiger partial charge in [0.2, 0.25) is 0 Å². The second-order valence-electron chi connectivity index (χ2n) is 6.59. The molecule has 8 heteroatoms. The number of carbonyl (C=O) groups excluding carboxylic acids is 1. The number of nitrogens with zero attached hydrogens (tertiary/aromatic N) is 1. The zero-order valence-electron chi connectivity index (χ0n) is 13.2. The average Bonchev–Trinajstić information content (AvgIpc) is 2.34. The maximum atomic E-state index is 12.2. The minimum Gasteiger partial charge on any atom is -0.444 e. The smallest absolute Gasteiger partial charge is 0.410 e. The highest BCUT2D eigenvalue weighted by molar-refractivity contribution is 7.86. The number of hydrogen-bond acceptors (Lipinski definition) is 6. The van der Waals surface area contributed by atoms with Crippen LogP contribution in [0.2, 0.25) is 0 Å². The molecular formula is C13H25NO5S2. The standard InChI is InChI=1S/C13H25NO5S2/c1-9-7-14(12(15)18-13(2,3)4)8-10(6-11(9)20)19-21(5,16)17/h9-11,20H,6-8H2,1-5H3/t9?,10-,11?/m0/s1. The SMILES string of the molecule is CC1CN(C(=O)OC(C)(C)C)C[C@@H](OS(C)(=O)=O)CC1S. The van der Waals surface area contributed by atoms with Gasteiger partial charge in [-0.05, 0) is 33.1 Å². The summed E-state index contributed by atoms with van der Waals surface area (Å²) in [6.45, 7) is 7.99. The van der Waals surface area contributed by atoms with Crippen molar-refractivity contribution in [1.82, 2.24) is 4.90 Å². The lowest BCUT2D eigenvalue weighted by Gasteiger charge is -2.28. The normalized spacial score (nSPS) is 28.1. The Kier molecular flexibility index (Phi) is 5.97. The number of hydrogen-bond donors (Lipinski definition) is 1. The molecule has 0 aliphatic carbocycles. The van der Waals surface area contributed by atoms with Gasteiger partial charge in [0, 0.05) is 11.8 Å². The van der Waals surface area contributed by atoms with Gasteiger partial charge in [-0.15, -0.1) is 0 Å². The molecule has 124 valence electrons. The van der Waals surface area contributed by atoms with Gasteiger partial charge in [0.1, 0.15) is 5.60 Å². The average molecular weight is 339 g/mol. The lowest BCUT2D eigenvalue weighted by Crippen LogP contribution is -2.42. The Morgan fingerprint density at radius 3 is 2.33 bits per heavy atom. The van der Waals surface area contributed by atoms with Crippen molar-refractivity contribution < 1.29 is 22.1 Å². The van der Waals surface area contributed by atoms with Crippen LogP contribution in [0.5, 0.6) is 0 Å². The molecule has 2 unspecified atom stereocenters. The Hall–Kier alpha value is -0.470. The molecule has 0 aromatic heterocycles. The number of thiol groups is 1. The topological polar surface area (TPSA) is 72.9 Å². The Labute approximate surface area is 132 Å². The highest BCUT2D eigenvalue weighted by Gasteiger charge is 2.33. The second kappa shape index (κ2) is 6.75. The molecule has 1 fully saturated rings. The molecule has 1 amide bonds. The first-order chi connectivity index (χ1) is 9.37. The highest BCUT2D eigenvalue weighted by Crippen LogP contribution is 2.25. The third-order valence-corrected chi connectivity index (χ3v) is 4.40. The third kappa shape index (κ3) is 6.88. The lowest BCUT2D eigenvalue weighted by atomic mass is 10.0. The van der Waals surface area contributed by atoms with Gasteiger partial charge < -0.3 is 9.64 Å². The maximum Gasteiger partial charge on any atom is 0.410 e. The van der Waals surface area contributed by atoms with Crippen molar-refractivity contribution in [3.8, 4) is 0 Å². The number of amides is 1. The summed E-state index contributed by atoms with van der Waals surface area (Å²) in [7, 11) is -3.58. The molecule has 0 saturated carbocycles. The molecule has 1 heterocycles. The fourth-order valence-corrected chi connectivity index (χ4v) is 3.12. The van der Waals surface area contributed by atoms with Crippen LogP contribution in [-0.4, -0.2) is 55.7 Å². The predicted octanol–water partition coefficient (Wildman–Crippen LogP) is 1.91. The van der Waals surface area contributed by atoms with Crippen LogP contribution in [0.3, 0.4) is 0 Å². The molecule has 1 aliphatic heterocycles. The van der Waals surface area contributed by atoms with Gasteiger partial charge in [-0.2, -0.15) is 21.0 Å². The van der Waals surface area contributed by atoms with E-state index < -0.39 is 27.9 Å². The van der Waals surface area contributed by atoms with Gasteiger partial charge in [-0.1, -0.05) is 6.92 Å². The van der Waals surface area contributed by atoms with Crippen molar-refractivity contribution in [2.75, 3.05) is 19.3 Å². The van der Waals surface area contributed by atoms with E-state index in [4.69, 9.17) is 8.92 Å². The van der Waals surface area contributed by atoms with Crippen LogP contribution in [0, 0.1) is 5.92 Å². The van der Waals surface area contributed by atoms with E-state index >= 15 is 0 Å². The van der Waals surface area contributed by atoms with Crippen molar-refractivity contribution in [1.29, 1.82) is 0 Å². The summed E-state index contributed by atoms with van der Waals surface area (Å²) < 4.78 is 33.1. The summed E-state index contributed by atoms with van der Waals surface area (Å²) in [5.74, 6) is 0.119. The van der Waals surface area contributed by atoms with Crippen LogP contribution in [0.1, 0.15) is 34.1 Å². The van der Waals surface area contributed by atoms with Gasteiger partial charge in [0.05, 0.1) is 18.9 Å². The summed E-state index contributed by atoms with van der Waals surface area (Å²) in [6.07, 6.45) is 0.419. The Balaban J connectivity index is 2.85. The van der Waals surface area contributed by atoms with E-state index in [0.29, 0.717) is 13.0 Å². The van der Waals surface area contributed by atoms with Gasteiger partial charge in [0.25, 0.3) is 10.1 Å². The van der Waals surface area contributed by atoms with Gasteiger partial charge >= 0.3 is 6.09 Å². The molecule has 0 bridgehead atoms. The van der Waals surface area contributed by atoms with Gasteiger partial charge in [0.15, 0.2) is 0 Å².